The second-order valence-electron chi connectivity index (χ2n) is 9.05. The maximum Gasteiger partial charge on any atom is 0.255 e. The van der Waals surface area contributed by atoms with E-state index in [2.05, 4.69) is 29.2 Å². The molecular weight excluding hydrogens is 422 g/mol. The standard InChI is InChI=1S/C25H29N3O3S/c1-17-8-4-5-9-18(17)24(29)27-21-12-13-22(20-11-7-6-10-19(20)21)32(30,31)28-23-14-15-26-16-25(23,2)3/h4-13,23,26,28H,14-16H2,1-3H3,(H,27,29). The van der Waals surface area contributed by atoms with Gasteiger partial charge in [0, 0.05) is 34.6 Å². The molecule has 1 unspecified atom stereocenters. The van der Waals surface area contributed by atoms with Gasteiger partial charge in [-0.05, 0) is 49.1 Å². The van der Waals surface area contributed by atoms with Crippen molar-refractivity contribution in [1.29, 1.82) is 0 Å². The number of anilines is 1. The molecular formula is C25H29N3O3S. The van der Waals surface area contributed by atoms with Gasteiger partial charge in [0.1, 0.15) is 0 Å². The molecule has 1 atom stereocenters. The molecule has 4 rings (SSSR count). The summed E-state index contributed by atoms with van der Waals surface area (Å²) in [4.78, 5) is 13.1. The molecule has 1 aliphatic rings. The number of amides is 1. The molecule has 1 saturated heterocycles. The van der Waals surface area contributed by atoms with E-state index < -0.39 is 10.0 Å². The van der Waals surface area contributed by atoms with Gasteiger partial charge in [0.05, 0.1) is 4.90 Å². The van der Waals surface area contributed by atoms with Gasteiger partial charge in [-0.15, -0.1) is 0 Å². The van der Waals surface area contributed by atoms with Crippen molar-refractivity contribution in [3.63, 3.8) is 0 Å². The number of carbonyl (C=O) groups excluding carboxylic acids is 1. The molecule has 3 N–H and O–H groups in total. The van der Waals surface area contributed by atoms with Crippen LogP contribution in [-0.4, -0.2) is 33.5 Å². The van der Waals surface area contributed by atoms with Gasteiger partial charge >= 0.3 is 0 Å². The normalized spacial score (nSPS) is 18.4. The van der Waals surface area contributed by atoms with Crippen molar-refractivity contribution in [1.82, 2.24) is 10.0 Å². The molecule has 1 fully saturated rings. The number of hydrogen-bond acceptors (Lipinski definition) is 4. The summed E-state index contributed by atoms with van der Waals surface area (Å²) in [7, 11) is -3.75. The minimum Gasteiger partial charge on any atom is -0.321 e. The fourth-order valence-electron chi connectivity index (χ4n) is 4.27. The number of piperidine rings is 1. The number of carbonyl (C=O) groups is 1. The van der Waals surface area contributed by atoms with Crippen LogP contribution in [-0.2, 0) is 10.0 Å². The fraction of sp³-hybridized carbons (Fsp3) is 0.320. The summed E-state index contributed by atoms with van der Waals surface area (Å²) in [5, 5.41) is 7.54. The van der Waals surface area contributed by atoms with Gasteiger partial charge in [0.25, 0.3) is 5.91 Å². The Morgan fingerprint density at radius 2 is 1.69 bits per heavy atom. The fourth-order valence-corrected chi connectivity index (χ4v) is 5.93. The van der Waals surface area contributed by atoms with E-state index in [0.29, 0.717) is 22.0 Å². The predicted molar refractivity (Wildman–Crippen MR) is 128 cm³/mol. The molecule has 0 aliphatic carbocycles. The Morgan fingerprint density at radius 3 is 2.41 bits per heavy atom. The van der Waals surface area contributed by atoms with E-state index in [1.54, 1.807) is 24.3 Å². The topological polar surface area (TPSA) is 87.3 Å². The number of nitrogens with one attached hydrogen (secondary N) is 3. The van der Waals surface area contributed by atoms with Crippen LogP contribution in [0.5, 0.6) is 0 Å². The molecule has 168 valence electrons. The molecule has 0 aromatic heterocycles. The van der Waals surface area contributed by atoms with Crippen LogP contribution >= 0.6 is 0 Å². The number of benzene rings is 3. The Hall–Kier alpha value is -2.74. The van der Waals surface area contributed by atoms with Crippen molar-refractivity contribution >= 4 is 32.4 Å². The number of rotatable bonds is 5. The van der Waals surface area contributed by atoms with Crippen molar-refractivity contribution in [3.05, 3.63) is 71.8 Å². The lowest BCUT2D eigenvalue weighted by Crippen LogP contribution is -2.54. The van der Waals surface area contributed by atoms with Gasteiger partial charge in [-0.25, -0.2) is 13.1 Å². The molecule has 1 amide bonds. The number of hydrogen-bond donors (Lipinski definition) is 3. The summed E-state index contributed by atoms with van der Waals surface area (Å²) in [6.45, 7) is 7.55. The monoisotopic (exact) mass is 451 g/mol. The molecule has 6 nitrogen and oxygen atoms in total. The lowest BCUT2D eigenvalue weighted by atomic mass is 9.81. The second-order valence-corrected chi connectivity index (χ2v) is 10.7. The minimum atomic E-state index is -3.75. The van der Waals surface area contributed by atoms with Crippen LogP contribution in [0.4, 0.5) is 5.69 Å². The molecule has 3 aromatic carbocycles. The lowest BCUT2D eigenvalue weighted by Gasteiger charge is -2.39. The van der Waals surface area contributed by atoms with Crippen molar-refractivity contribution < 1.29 is 13.2 Å². The van der Waals surface area contributed by atoms with Gasteiger partial charge in [-0.2, -0.15) is 0 Å². The van der Waals surface area contributed by atoms with Gasteiger partial charge in [-0.3, -0.25) is 4.79 Å². The highest BCUT2D eigenvalue weighted by molar-refractivity contribution is 7.89. The van der Waals surface area contributed by atoms with Crippen LogP contribution in [0.25, 0.3) is 10.8 Å². The van der Waals surface area contributed by atoms with E-state index in [4.69, 9.17) is 0 Å². The van der Waals surface area contributed by atoms with E-state index in [1.165, 1.54) is 0 Å². The lowest BCUT2D eigenvalue weighted by molar-refractivity contribution is 0.102. The molecule has 7 heteroatoms. The summed E-state index contributed by atoms with van der Waals surface area (Å²) in [6, 6.07) is 17.7. The Morgan fingerprint density at radius 1 is 1.00 bits per heavy atom. The van der Waals surface area contributed by atoms with Gasteiger partial charge in [-0.1, -0.05) is 56.3 Å². The molecule has 0 spiro atoms. The zero-order chi connectivity index (χ0) is 22.9. The van der Waals surface area contributed by atoms with Crippen LogP contribution in [0.3, 0.4) is 0 Å². The quantitative estimate of drug-likeness (QED) is 0.546. The highest BCUT2D eigenvalue weighted by Gasteiger charge is 2.35. The molecule has 32 heavy (non-hydrogen) atoms. The van der Waals surface area contributed by atoms with Crippen molar-refractivity contribution in [2.24, 2.45) is 5.41 Å². The average Bonchev–Trinajstić information content (AvgIpc) is 2.75. The minimum absolute atomic E-state index is 0.159. The zero-order valence-corrected chi connectivity index (χ0v) is 19.4. The van der Waals surface area contributed by atoms with Gasteiger partial charge in [0.2, 0.25) is 10.0 Å². The van der Waals surface area contributed by atoms with Crippen molar-refractivity contribution in [3.8, 4) is 0 Å². The highest BCUT2D eigenvalue weighted by atomic mass is 32.2. The summed E-state index contributed by atoms with van der Waals surface area (Å²) >= 11 is 0. The number of sulfonamides is 1. The number of fused-ring (bicyclic) bond motifs is 1. The van der Waals surface area contributed by atoms with Crippen molar-refractivity contribution in [2.45, 2.75) is 38.1 Å². The van der Waals surface area contributed by atoms with E-state index in [0.717, 1.165) is 25.1 Å². The molecule has 3 aromatic rings. The first-order valence-corrected chi connectivity index (χ1v) is 12.3. The summed E-state index contributed by atoms with van der Waals surface area (Å²) < 4.78 is 29.7. The number of aryl methyl sites for hydroxylation is 1. The predicted octanol–water partition coefficient (Wildman–Crippen LogP) is 4.07. The van der Waals surface area contributed by atoms with E-state index in [1.807, 2.05) is 43.3 Å². The highest BCUT2D eigenvalue weighted by Crippen LogP contribution is 2.32. The first-order valence-electron chi connectivity index (χ1n) is 10.8. The largest absolute Gasteiger partial charge is 0.321 e. The third-order valence-electron chi connectivity index (χ3n) is 6.24. The maximum atomic E-state index is 13.4. The Bertz CT molecular complexity index is 1270. The van der Waals surface area contributed by atoms with Gasteiger partial charge < -0.3 is 10.6 Å². The van der Waals surface area contributed by atoms with Crippen LogP contribution in [0.1, 0.15) is 36.2 Å². The van der Waals surface area contributed by atoms with E-state index in [9.17, 15) is 13.2 Å². The van der Waals surface area contributed by atoms with Crippen LogP contribution in [0, 0.1) is 12.3 Å². The molecule has 1 aliphatic heterocycles. The first-order chi connectivity index (χ1) is 15.2. The molecule has 1 heterocycles. The third-order valence-corrected chi connectivity index (χ3v) is 7.77. The van der Waals surface area contributed by atoms with Crippen molar-refractivity contribution in [2.75, 3.05) is 18.4 Å². The third kappa shape index (κ3) is 4.41. The van der Waals surface area contributed by atoms with E-state index in [-0.39, 0.29) is 22.3 Å². The maximum absolute atomic E-state index is 13.4. The molecule has 0 saturated carbocycles. The smallest absolute Gasteiger partial charge is 0.255 e. The van der Waals surface area contributed by atoms with Crippen LogP contribution in [0.15, 0.2) is 65.6 Å². The zero-order valence-electron chi connectivity index (χ0n) is 18.6. The summed E-state index contributed by atoms with van der Waals surface area (Å²) in [5.41, 5.74) is 1.85. The Labute approximate surface area is 189 Å². The van der Waals surface area contributed by atoms with Gasteiger partial charge in [0.15, 0.2) is 0 Å². The second kappa shape index (κ2) is 8.65. The van der Waals surface area contributed by atoms with E-state index >= 15 is 0 Å². The summed E-state index contributed by atoms with van der Waals surface area (Å²) in [5.74, 6) is -0.224. The first kappa shape index (κ1) is 22.5. The molecule has 0 radical (unpaired) electrons. The Kier molecular flexibility index (Phi) is 6.07. The average molecular weight is 452 g/mol. The summed E-state index contributed by atoms with van der Waals surface area (Å²) in [6.07, 6.45) is 0.731. The SMILES string of the molecule is Cc1ccccc1C(=O)Nc1ccc(S(=O)(=O)NC2CCNCC2(C)C)c2ccccc12. The Balaban J connectivity index is 1.69. The van der Waals surface area contributed by atoms with Crippen LogP contribution in [0.2, 0.25) is 0 Å². The molecule has 0 bridgehead atoms. The van der Waals surface area contributed by atoms with Crippen LogP contribution < -0.4 is 15.4 Å².